The molecule has 0 saturated carbocycles. The average molecular weight is 428 g/mol. The van der Waals surface area contributed by atoms with Crippen molar-refractivity contribution < 1.29 is 18.7 Å². The molecule has 3 aromatic rings. The standard InChI is InChI=1S/C22H22FN3O3S/c23-16-6-4-15(5-7-16)13-24-21(28)22-25-18-9-8-17(12-19(18)30-22)29-14-20(27)26-10-2-1-3-11-26/h4-9,12H,1-3,10-11,13-14H2,(H,24,28). The number of piperidine rings is 1. The molecule has 2 amide bonds. The summed E-state index contributed by atoms with van der Waals surface area (Å²) < 4.78 is 19.4. The van der Waals surface area contributed by atoms with Crippen LogP contribution in [0.3, 0.4) is 0 Å². The maximum absolute atomic E-state index is 13.0. The molecule has 1 fully saturated rings. The Hall–Kier alpha value is -3.00. The number of carbonyl (C=O) groups is 2. The van der Waals surface area contributed by atoms with Gasteiger partial charge in [0.25, 0.3) is 11.8 Å². The van der Waals surface area contributed by atoms with Crippen LogP contribution in [-0.4, -0.2) is 41.4 Å². The minimum Gasteiger partial charge on any atom is -0.484 e. The van der Waals surface area contributed by atoms with Crippen molar-refractivity contribution in [3.05, 3.63) is 58.9 Å². The summed E-state index contributed by atoms with van der Waals surface area (Å²) in [5, 5.41) is 3.13. The number of likely N-dealkylation sites (tertiary alicyclic amines) is 1. The van der Waals surface area contributed by atoms with Gasteiger partial charge < -0.3 is 15.0 Å². The number of aromatic nitrogens is 1. The zero-order valence-corrected chi connectivity index (χ0v) is 17.2. The SMILES string of the molecule is O=C(NCc1ccc(F)cc1)c1nc2ccc(OCC(=O)N3CCCCC3)cc2s1. The number of nitrogens with zero attached hydrogens (tertiary/aromatic N) is 2. The summed E-state index contributed by atoms with van der Waals surface area (Å²) in [5.74, 6) is -0.0232. The van der Waals surface area contributed by atoms with Gasteiger partial charge in [-0.15, -0.1) is 11.3 Å². The normalized spacial score (nSPS) is 14.0. The summed E-state index contributed by atoms with van der Waals surface area (Å²) in [6.07, 6.45) is 3.27. The quantitative estimate of drug-likeness (QED) is 0.650. The molecule has 0 bridgehead atoms. The lowest BCUT2D eigenvalue weighted by atomic mass is 10.1. The summed E-state index contributed by atoms with van der Waals surface area (Å²) in [4.78, 5) is 30.9. The molecule has 2 heterocycles. The number of amides is 2. The van der Waals surface area contributed by atoms with Crippen LogP contribution in [0.5, 0.6) is 5.75 Å². The first-order valence-corrected chi connectivity index (χ1v) is 10.7. The molecule has 2 aromatic carbocycles. The van der Waals surface area contributed by atoms with Crippen LogP contribution in [0.2, 0.25) is 0 Å². The van der Waals surface area contributed by atoms with Gasteiger partial charge >= 0.3 is 0 Å². The van der Waals surface area contributed by atoms with Crippen molar-refractivity contribution in [1.82, 2.24) is 15.2 Å². The summed E-state index contributed by atoms with van der Waals surface area (Å²) in [5.41, 5.74) is 1.50. The molecule has 4 rings (SSSR count). The number of rotatable bonds is 6. The van der Waals surface area contributed by atoms with E-state index in [1.54, 1.807) is 30.3 Å². The zero-order chi connectivity index (χ0) is 20.9. The Morgan fingerprint density at radius 3 is 2.63 bits per heavy atom. The third-order valence-corrected chi connectivity index (χ3v) is 6.01. The van der Waals surface area contributed by atoms with Gasteiger partial charge in [0.15, 0.2) is 11.6 Å². The maximum atomic E-state index is 13.0. The first-order chi connectivity index (χ1) is 14.6. The average Bonchev–Trinajstić information content (AvgIpc) is 3.21. The van der Waals surface area contributed by atoms with Gasteiger partial charge in [-0.1, -0.05) is 12.1 Å². The van der Waals surface area contributed by atoms with Gasteiger partial charge in [0.1, 0.15) is 11.6 Å². The van der Waals surface area contributed by atoms with Crippen LogP contribution in [0, 0.1) is 5.82 Å². The van der Waals surface area contributed by atoms with Gasteiger partial charge in [-0.2, -0.15) is 0 Å². The van der Waals surface area contributed by atoms with E-state index >= 15 is 0 Å². The zero-order valence-electron chi connectivity index (χ0n) is 16.4. The lowest BCUT2D eigenvalue weighted by Crippen LogP contribution is -2.38. The molecular formula is C22H22FN3O3S. The Morgan fingerprint density at radius 1 is 1.10 bits per heavy atom. The van der Waals surface area contributed by atoms with Gasteiger partial charge in [-0.3, -0.25) is 9.59 Å². The largest absolute Gasteiger partial charge is 0.484 e. The monoisotopic (exact) mass is 427 g/mol. The van der Waals surface area contributed by atoms with Crippen LogP contribution in [0.25, 0.3) is 10.2 Å². The topological polar surface area (TPSA) is 71.5 Å². The van der Waals surface area contributed by atoms with Gasteiger partial charge in [-0.05, 0) is 55.2 Å². The van der Waals surface area contributed by atoms with Crippen molar-refractivity contribution in [2.24, 2.45) is 0 Å². The number of hydrogen-bond donors (Lipinski definition) is 1. The van der Waals surface area contributed by atoms with Gasteiger partial charge in [0.2, 0.25) is 0 Å². The second kappa shape index (κ2) is 9.21. The van der Waals surface area contributed by atoms with E-state index in [2.05, 4.69) is 10.3 Å². The fraction of sp³-hybridized carbons (Fsp3) is 0.318. The van der Waals surface area contributed by atoms with Crippen LogP contribution in [0.4, 0.5) is 4.39 Å². The van der Waals surface area contributed by atoms with E-state index < -0.39 is 0 Å². The molecule has 1 saturated heterocycles. The van der Waals surface area contributed by atoms with Gasteiger partial charge in [0, 0.05) is 19.6 Å². The molecule has 30 heavy (non-hydrogen) atoms. The van der Waals surface area contributed by atoms with Gasteiger partial charge in [0.05, 0.1) is 10.2 Å². The van der Waals surface area contributed by atoms with Crippen molar-refractivity contribution in [1.29, 1.82) is 0 Å². The Morgan fingerprint density at radius 2 is 1.87 bits per heavy atom. The van der Waals surface area contributed by atoms with Crippen molar-refractivity contribution in [3.63, 3.8) is 0 Å². The first-order valence-electron chi connectivity index (χ1n) is 9.92. The molecule has 156 valence electrons. The predicted molar refractivity (Wildman–Crippen MR) is 113 cm³/mol. The van der Waals surface area contributed by atoms with Crippen LogP contribution in [-0.2, 0) is 11.3 Å². The first kappa shape index (κ1) is 20.3. The van der Waals surface area contributed by atoms with Crippen LogP contribution in [0.1, 0.15) is 34.6 Å². The molecule has 1 aliphatic heterocycles. The smallest absolute Gasteiger partial charge is 0.280 e. The number of benzene rings is 2. The second-order valence-corrected chi connectivity index (χ2v) is 8.22. The van der Waals surface area contributed by atoms with Crippen molar-refractivity contribution in [2.45, 2.75) is 25.8 Å². The number of hydrogen-bond acceptors (Lipinski definition) is 5. The number of fused-ring (bicyclic) bond motifs is 1. The Balaban J connectivity index is 1.36. The maximum Gasteiger partial charge on any atom is 0.280 e. The van der Waals surface area contributed by atoms with Crippen LogP contribution in [0.15, 0.2) is 42.5 Å². The molecule has 1 N–H and O–H groups in total. The van der Waals surface area contributed by atoms with Crippen molar-refractivity contribution in [3.8, 4) is 5.75 Å². The molecule has 0 unspecified atom stereocenters. The lowest BCUT2D eigenvalue weighted by Gasteiger charge is -2.26. The molecular weight excluding hydrogens is 405 g/mol. The third-order valence-electron chi connectivity index (χ3n) is 4.99. The summed E-state index contributed by atoms with van der Waals surface area (Å²) in [6, 6.07) is 11.3. The number of halogens is 1. The highest BCUT2D eigenvalue weighted by Gasteiger charge is 2.17. The minimum absolute atomic E-state index is 0.0000356. The van der Waals surface area contributed by atoms with E-state index in [1.165, 1.54) is 29.9 Å². The van der Waals surface area contributed by atoms with E-state index in [9.17, 15) is 14.0 Å². The van der Waals surface area contributed by atoms with E-state index in [-0.39, 0.29) is 24.2 Å². The third kappa shape index (κ3) is 4.94. The highest BCUT2D eigenvalue weighted by Crippen LogP contribution is 2.26. The van der Waals surface area contributed by atoms with Crippen molar-refractivity contribution in [2.75, 3.05) is 19.7 Å². The number of ether oxygens (including phenoxy) is 1. The summed E-state index contributed by atoms with van der Waals surface area (Å²) in [6.45, 7) is 1.90. The Kier molecular flexibility index (Phi) is 6.23. The molecule has 0 aliphatic carbocycles. The number of carbonyl (C=O) groups excluding carboxylic acids is 2. The van der Waals surface area contributed by atoms with Crippen LogP contribution >= 0.6 is 11.3 Å². The second-order valence-electron chi connectivity index (χ2n) is 7.19. The molecule has 1 aromatic heterocycles. The fourth-order valence-corrected chi connectivity index (χ4v) is 4.24. The van der Waals surface area contributed by atoms with E-state index in [4.69, 9.17) is 4.74 Å². The highest BCUT2D eigenvalue weighted by molar-refractivity contribution is 7.20. The highest BCUT2D eigenvalue weighted by atomic mass is 32.1. The van der Waals surface area contributed by atoms with Crippen molar-refractivity contribution >= 4 is 33.4 Å². The molecule has 1 aliphatic rings. The van der Waals surface area contributed by atoms with Gasteiger partial charge in [-0.25, -0.2) is 9.37 Å². The molecule has 0 atom stereocenters. The summed E-state index contributed by atoms with van der Waals surface area (Å²) in [7, 11) is 0. The fourth-order valence-electron chi connectivity index (χ4n) is 3.33. The number of nitrogens with one attached hydrogen (secondary N) is 1. The summed E-state index contributed by atoms with van der Waals surface area (Å²) >= 11 is 1.26. The molecule has 8 heteroatoms. The molecule has 0 radical (unpaired) electrons. The minimum atomic E-state index is -0.313. The Bertz CT molecular complexity index is 1050. The van der Waals surface area contributed by atoms with E-state index in [0.717, 1.165) is 36.2 Å². The number of thiazole rings is 1. The van der Waals surface area contributed by atoms with E-state index in [1.807, 2.05) is 4.90 Å². The van der Waals surface area contributed by atoms with Crippen LogP contribution < -0.4 is 10.1 Å². The molecule has 0 spiro atoms. The van der Waals surface area contributed by atoms with E-state index in [0.29, 0.717) is 22.8 Å². The predicted octanol–water partition coefficient (Wildman–Crippen LogP) is 3.76. The molecule has 6 nitrogen and oxygen atoms in total. The Labute approximate surface area is 177 Å². The lowest BCUT2D eigenvalue weighted by molar-refractivity contribution is -0.134.